The second-order valence-electron chi connectivity index (χ2n) is 5.40. The number of hydrogen-bond donors (Lipinski definition) is 0. The molecule has 3 nitrogen and oxygen atoms in total. The van der Waals surface area contributed by atoms with Crippen LogP contribution in [0.3, 0.4) is 0 Å². The van der Waals surface area contributed by atoms with Crippen LogP contribution >= 0.6 is 0 Å². The molecule has 22 heavy (non-hydrogen) atoms. The highest BCUT2D eigenvalue weighted by Gasteiger charge is 2.06. The van der Waals surface area contributed by atoms with Gasteiger partial charge in [0.2, 0.25) is 0 Å². The third-order valence-electron chi connectivity index (χ3n) is 3.78. The zero-order valence-electron chi connectivity index (χ0n) is 13.5. The molecule has 0 spiro atoms. The van der Waals surface area contributed by atoms with Gasteiger partial charge in [-0.1, -0.05) is 17.7 Å². The van der Waals surface area contributed by atoms with Gasteiger partial charge in [-0.15, -0.1) is 0 Å². The smallest absolute Gasteiger partial charge is 0.150 e. The normalized spacial score (nSPS) is 10.3. The Hall–Kier alpha value is -2.29. The average Bonchev–Trinajstić information content (AvgIpc) is 2.53. The first-order chi connectivity index (χ1) is 10.6. The van der Waals surface area contributed by atoms with Crippen molar-refractivity contribution in [3.63, 3.8) is 0 Å². The van der Waals surface area contributed by atoms with Crippen molar-refractivity contribution < 1.29 is 9.53 Å². The van der Waals surface area contributed by atoms with Gasteiger partial charge in [-0.2, -0.15) is 0 Å². The standard InChI is InChI=1S/C19H23NO2/c1-4-20(18-8-7-17(14-21)16(3)13-18)11-12-22-19-9-5-15(2)6-10-19/h5-10,13-14H,4,11-12H2,1-3H3. The van der Waals surface area contributed by atoms with Gasteiger partial charge in [0.05, 0.1) is 6.54 Å². The maximum atomic E-state index is 10.9. The fourth-order valence-corrected chi connectivity index (χ4v) is 2.37. The molecule has 0 N–H and O–H groups in total. The first-order valence-corrected chi connectivity index (χ1v) is 7.64. The average molecular weight is 297 g/mol. The van der Waals surface area contributed by atoms with Crippen LogP contribution in [-0.4, -0.2) is 26.0 Å². The molecule has 0 aliphatic rings. The summed E-state index contributed by atoms with van der Waals surface area (Å²) in [5, 5.41) is 0. The molecule has 0 saturated heterocycles. The van der Waals surface area contributed by atoms with E-state index in [0.29, 0.717) is 6.61 Å². The fourth-order valence-electron chi connectivity index (χ4n) is 2.37. The van der Waals surface area contributed by atoms with Gasteiger partial charge in [-0.3, -0.25) is 4.79 Å². The molecule has 0 bridgehead atoms. The Bertz CT molecular complexity index is 620. The van der Waals surface area contributed by atoms with Gasteiger partial charge in [0, 0.05) is 17.8 Å². The minimum atomic E-state index is 0.630. The van der Waals surface area contributed by atoms with Crippen LogP contribution in [0.25, 0.3) is 0 Å². The summed E-state index contributed by atoms with van der Waals surface area (Å²) in [4.78, 5) is 13.1. The van der Waals surface area contributed by atoms with E-state index in [1.54, 1.807) is 0 Å². The van der Waals surface area contributed by atoms with Crippen molar-refractivity contribution in [1.29, 1.82) is 0 Å². The highest BCUT2D eigenvalue weighted by molar-refractivity contribution is 5.78. The Morgan fingerprint density at radius 1 is 1.09 bits per heavy atom. The van der Waals surface area contributed by atoms with Crippen molar-refractivity contribution in [2.45, 2.75) is 20.8 Å². The molecule has 0 aromatic heterocycles. The number of nitrogens with zero attached hydrogens (tertiary/aromatic N) is 1. The molecule has 0 unspecified atom stereocenters. The molecule has 0 amide bonds. The van der Waals surface area contributed by atoms with Crippen molar-refractivity contribution in [1.82, 2.24) is 0 Å². The molecule has 2 aromatic rings. The summed E-state index contributed by atoms with van der Waals surface area (Å²) < 4.78 is 5.79. The van der Waals surface area contributed by atoms with Crippen LogP contribution in [0, 0.1) is 13.8 Å². The number of aldehydes is 1. The summed E-state index contributed by atoms with van der Waals surface area (Å²) in [5.41, 5.74) is 4.10. The topological polar surface area (TPSA) is 29.5 Å². The monoisotopic (exact) mass is 297 g/mol. The van der Waals surface area contributed by atoms with Gasteiger partial charge in [-0.05, 0) is 56.7 Å². The quantitative estimate of drug-likeness (QED) is 0.723. The van der Waals surface area contributed by atoms with Gasteiger partial charge < -0.3 is 9.64 Å². The molecule has 2 aromatic carbocycles. The largest absolute Gasteiger partial charge is 0.492 e. The van der Waals surface area contributed by atoms with Crippen LogP contribution < -0.4 is 9.64 Å². The molecule has 116 valence electrons. The lowest BCUT2D eigenvalue weighted by Gasteiger charge is -2.24. The maximum Gasteiger partial charge on any atom is 0.150 e. The fraction of sp³-hybridized carbons (Fsp3) is 0.316. The SMILES string of the molecule is CCN(CCOc1ccc(C)cc1)c1ccc(C=O)c(C)c1. The third kappa shape index (κ3) is 4.10. The molecule has 3 heteroatoms. The Morgan fingerprint density at radius 3 is 2.41 bits per heavy atom. The number of aryl methyl sites for hydroxylation is 2. The van der Waals surface area contributed by atoms with Gasteiger partial charge in [0.1, 0.15) is 18.6 Å². The zero-order valence-corrected chi connectivity index (χ0v) is 13.5. The summed E-state index contributed by atoms with van der Waals surface area (Å²) in [5.74, 6) is 0.897. The van der Waals surface area contributed by atoms with Crippen LogP contribution in [0.1, 0.15) is 28.4 Å². The molecular weight excluding hydrogens is 274 g/mol. The van der Waals surface area contributed by atoms with E-state index in [1.807, 2.05) is 31.2 Å². The molecule has 2 rings (SSSR count). The van der Waals surface area contributed by atoms with Gasteiger partial charge in [0.25, 0.3) is 0 Å². The predicted octanol–water partition coefficient (Wildman–Crippen LogP) is 4.02. The number of benzene rings is 2. The van der Waals surface area contributed by atoms with E-state index in [9.17, 15) is 4.79 Å². The van der Waals surface area contributed by atoms with Crippen molar-refractivity contribution in [3.8, 4) is 5.75 Å². The lowest BCUT2D eigenvalue weighted by Crippen LogP contribution is -2.28. The molecule has 0 fully saturated rings. The Balaban J connectivity index is 1.95. The maximum absolute atomic E-state index is 10.9. The Kier molecular flexibility index (Phi) is 5.59. The summed E-state index contributed by atoms with van der Waals surface area (Å²) >= 11 is 0. The number of carbonyl (C=O) groups is 1. The lowest BCUT2D eigenvalue weighted by molar-refractivity contribution is 0.112. The molecule has 0 aliphatic carbocycles. The van der Waals surface area contributed by atoms with E-state index in [2.05, 4.69) is 36.9 Å². The first kappa shape index (κ1) is 16.1. The highest BCUT2D eigenvalue weighted by Crippen LogP contribution is 2.18. The summed E-state index contributed by atoms with van der Waals surface area (Å²) in [6.07, 6.45) is 0.899. The number of ether oxygens (including phenoxy) is 1. The highest BCUT2D eigenvalue weighted by atomic mass is 16.5. The van der Waals surface area contributed by atoms with E-state index >= 15 is 0 Å². The minimum Gasteiger partial charge on any atom is -0.492 e. The molecule has 0 atom stereocenters. The number of carbonyl (C=O) groups excluding carboxylic acids is 1. The summed E-state index contributed by atoms with van der Waals surface area (Å²) in [7, 11) is 0. The molecule has 0 heterocycles. The summed E-state index contributed by atoms with van der Waals surface area (Å²) in [6, 6.07) is 14.0. The Labute approximate surface area is 132 Å². The van der Waals surface area contributed by atoms with E-state index in [0.717, 1.165) is 41.9 Å². The number of anilines is 1. The van der Waals surface area contributed by atoms with Gasteiger partial charge in [0.15, 0.2) is 0 Å². The second-order valence-corrected chi connectivity index (χ2v) is 5.40. The van der Waals surface area contributed by atoms with E-state index in [1.165, 1.54) is 5.56 Å². The lowest BCUT2D eigenvalue weighted by atomic mass is 10.1. The third-order valence-corrected chi connectivity index (χ3v) is 3.78. The van der Waals surface area contributed by atoms with E-state index in [-0.39, 0.29) is 0 Å². The molecular formula is C19H23NO2. The number of likely N-dealkylation sites (N-methyl/N-ethyl adjacent to an activating group) is 1. The second kappa shape index (κ2) is 7.64. The zero-order chi connectivity index (χ0) is 15.9. The van der Waals surface area contributed by atoms with Crippen LogP contribution in [0.2, 0.25) is 0 Å². The molecule has 0 saturated carbocycles. The molecule has 0 aliphatic heterocycles. The van der Waals surface area contributed by atoms with Crippen molar-refractivity contribution in [2.24, 2.45) is 0 Å². The van der Waals surface area contributed by atoms with Crippen LogP contribution in [-0.2, 0) is 0 Å². The predicted molar refractivity (Wildman–Crippen MR) is 91.1 cm³/mol. The number of rotatable bonds is 7. The molecule has 0 radical (unpaired) electrons. The number of hydrogen-bond acceptors (Lipinski definition) is 3. The van der Waals surface area contributed by atoms with E-state index < -0.39 is 0 Å². The summed E-state index contributed by atoms with van der Waals surface area (Å²) in [6.45, 7) is 8.49. The first-order valence-electron chi connectivity index (χ1n) is 7.64. The van der Waals surface area contributed by atoms with Crippen molar-refractivity contribution >= 4 is 12.0 Å². The van der Waals surface area contributed by atoms with E-state index in [4.69, 9.17) is 4.74 Å². The van der Waals surface area contributed by atoms with Crippen LogP contribution in [0.5, 0.6) is 5.75 Å². The Morgan fingerprint density at radius 2 is 1.82 bits per heavy atom. The minimum absolute atomic E-state index is 0.630. The van der Waals surface area contributed by atoms with Crippen molar-refractivity contribution in [3.05, 3.63) is 59.2 Å². The van der Waals surface area contributed by atoms with Gasteiger partial charge in [-0.25, -0.2) is 0 Å². The van der Waals surface area contributed by atoms with Crippen LogP contribution in [0.15, 0.2) is 42.5 Å². The van der Waals surface area contributed by atoms with Crippen molar-refractivity contribution in [2.75, 3.05) is 24.6 Å². The van der Waals surface area contributed by atoms with Gasteiger partial charge >= 0.3 is 0 Å². The van der Waals surface area contributed by atoms with Crippen LogP contribution in [0.4, 0.5) is 5.69 Å².